The quantitative estimate of drug-likeness (QED) is 0.766. The van der Waals surface area contributed by atoms with Crippen LogP contribution in [0.3, 0.4) is 0 Å². The minimum absolute atomic E-state index is 0.270. The molecule has 2 atom stereocenters. The number of hydrogen-bond donors (Lipinski definition) is 2. The smallest absolute Gasteiger partial charge is 0.328 e. The van der Waals surface area contributed by atoms with E-state index < -0.39 is 29.3 Å². The molecule has 1 aromatic rings. The van der Waals surface area contributed by atoms with Gasteiger partial charge in [0.25, 0.3) is 0 Å². The summed E-state index contributed by atoms with van der Waals surface area (Å²) in [6, 6.07) is 7.69. The van der Waals surface area contributed by atoms with Crippen molar-refractivity contribution in [3.63, 3.8) is 0 Å². The third kappa shape index (κ3) is 4.05. The number of carboxylic acid groups (broad SMARTS) is 1. The van der Waals surface area contributed by atoms with Gasteiger partial charge < -0.3 is 15.2 Å². The lowest BCUT2D eigenvalue weighted by Crippen LogP contribution is -2.44. The van der Waals surface area contributed by atoms with E-state index in [0.717, 1.165) is 0 Å². The Morgan fingerprint density at radius 2 is 1.86 bits per heavy atom. The first-order chi connectivity index (χ1) is 9.81. The molecule has 0 heterocycles. The number of carbonyl (C=O) groups is 3. The van der Waals surface area contributed by atoms with Crippen molar-refractivity contribution in [2.75, 3.05) is 7.11 Å². The number of esters is 1. The molecule has 0 radical (unpaired) electrons. The van der Waals surface area contributed by atoms with E-state index in [1.165, 1.54) is 21.0 Å². The fraction of sp³-hybridized carbons (Fsp3) is 0.400. The molecule has 6 heteroatoms. The monoisotopic (exact) mass is 293 g/mol. The molecule has 0 aliphatic heterocycles. The Morgan fingerprint density at radius 3 is 2.33 bits per heavy atom. The highest BCUT2D eigenvalue weighted by atomic mass is 16.5. The Morgan fingerprint density at radius 1 is 1.29 bits per heavy atom. The third-order valence-corrected chi connectivity index (χ3v) is 3.33. The van der Waals surface area contributed by atoms with Gasteiger partial charge in [-0.15, -0.1) is 0 Å². The number of carbonyl (C=O) groups excluding carboxylic acids is 2. The van der Waals surface area contributed by atoms with Crippen LogP contribution in [-0.2, 0) is 24.5 Å². The van der Waals surface area contributed by atoms with Crippen LogP contribution in [0.5, 0.6) is 0 Å². The maximum Gasteiger partial charge on any atom is 0.328 e. The Bertz CT molecular complexity index is 528. The van der Waals surface area contributed by atoms with E-state index in [1.807, 2.05) is 0 Å². The summed E-state index contributed by atoms with van der Waals surface area (Å²) in [7, 11) is 1.22. The average Bonchev–Trinajstić information content (AvgIpc) is 2.46. The van der Waals surface area contributed by atoms with Crippen LogP contribution in [0.15, 0.2) is 30.3 Å². The zero-order valence-corrected chi connectivity index (χ0v) is 12.3. The lowest BCUT2D eigenvalue weighted by molar-refractivity contribution is -0.147. The van der Waals surface area contributed by atoms with E-state index in [9.17, 15) is 19.5 Å². The van der Waals surface area contributed by atoms with Crippen molar-refractivity contribution < 1.29 is 24.2 Å². The number of ether oxygens (including phenoxy) is 1. The van der Waals surface area contributed by atoms with Crippen LogP contribution < -0.4 is 5.32 Å². The number of nitrogens with one attached hydrogen (secondary N) is 1. The molecule has 1 aromatic carbocycles. The molecule has 0 bridgehead atoms. The number of aliphatic carboxylic acids is 1. The second-order valence-corrected chi connectivity index (χ2v) is 4.99. The van der Waals surface area contributed by atoms with Gasteiger partial charge in [-0.25, -0.2) is 4.79 Å². The second-order valence-electron chi connectivity index (χ2n) is 4.99. The van der Waals surface area contributed by atoms with Gasteiger partial charge in [0.1, 0.15) is 6.04 Å². The van der Waals surface area contributed by atoms with Crippen molar-refractivity contribution in [2.45, 2.75) is 31.7 Å². The maximum atomic E-state index is 12.0. The summed E-state index contributed by atoms with van der Waals surface area (Å²) in [5.74, 6) is -2.21. The van der Waals surface area contributed by atoms with Gasteiger partial charge in [0.05, 0.1) is 12.5 Å². The minimum atomic E-state index is -1.36. The Hall–Kier alpha value is -2.37. The van der Waals surface area contributed by atoms with E-state index in [2.05, 4.69) is 10.1 Å². The first kappa shape index (κ1) is 16.7. The summed E-state index contributed by atoms with van der Waals surface area (Å²) in [4.78, 5) is 34.8. The minimum Gasteiger partial charge on any atom is -0.481 e. The zero-order valence-electron chi connectivity index (χ0n) is 12.3. The standard InChI is InChI=1S/C15H19NO5/c1-10(13(18)21-3)16-12(17)9-15(2,14(19)20)11-7-5-4-6-8-11/h4-8,10H,9H2,1-3H3,(H,16,17)(H,19,20)/t10-,15?/m0/s1. The molecule has 114 valence electrons. The lowest BCUT2D eigenvalue weighted by atomic mass is 9.79. The fourth-order valence-electron chi connectivity index (χ4n) is 1.96. The highest BCUT2D eigenvalue weighted by Gasteiger charge is 2.38. The molecule has 1 amide bonds. The van der Waals surface area contributed by atoms with Crippen LogP contribution in [0.2, 0.25) is 0 Å². The predicted molar refractivity (Wildman–Crippen MR) is 75.7 cm³/mol. The van der Waals surface area contributed by atoms with Gasteiger partial charge in [-0.2, -0.15) is 0 Å². The average molecular weight is 293 g/mol. The molecule has 0 aromatic heterocycles. The second kappa shape index (κ2) is 6.88. The Balaban J connectivity index is 2.87. The molecule has 0 aliphatic carbocycles. The molecule has 0 aliphatic rings. The molecular weight excluding hydrogens is 274 g/mol. The summed E-state index contributed by atoms with van der Waals surface area (Å²) in [5.41, 5.74) is -0.834. The first-order valence-corrected chi connectivity index (χ1v) is 6.47. The number of carboxylic acids is 1. The molecule has 0 saturated heterocycles. The van der Waals surface area contributed by atoms with Gasteiger partial charge in [0.2, 0.25) is 5.91 Å². The summed E-state index contributed by atoms with van der Waals surface area (Å²) in [5, 5.41) is 11.9. The van der Waals surface area contributed by atoms with Gasteiger partial charge in [0, 0.05) is 6.42 Å². The number of rotatable bonds is 6. The van der Waals surface area contributed by atoms with Crippen LogP contribution in [0.25, 0.3) is 0 Å². The third-order valence-electron chi connectivity index (χ3n) is 3.33. The van der Waals surface area contributed by atoms with E-state index in [-0.39, 0.29) is 6.42 Å². The van der Waals surface area contributed by atoms with Crippen molar-refractivity contribution in [2.24, 2.45) is 0 Å². The highest BCUT2D eigenvalue weighted by Crippen LogP contribution is 2.28. The van der Waals surface area contributed by atoms with Gasteiger partial charge >= 0.3 is 11.9 Å². The van der Waals surface area contributed by atoms with Gasteiger partial charge in [-0.3, -0.25) is 9.59 Å². The van der Waals surface area contributed by atoms with Crippen LogP contribution in [0, 0.1) is 0 Å². The number of methoxy groups -OCH3 is 1. The first-order valence-electron chi connectivity index (χ1n) is 6.47. The normalized spacial score (nSPS) is 14.6. The summed E-state index contributed by atoms with van der Waals surface area (Å²) in [6.07, 6.45) is -0.270. The van der Waals surface area contributed by atoms with E-state index in [0.29, 0.717) is 5.56 Å². The number of hydrogen-bond acceptors (Lipinski definition) is 4. The van der Waals surface area contributed by atoms with Crippen LogP contribution in [0.4, 0.5) is 0 Å². The molecule has 0 spiro atoms. The summed E-state index contributed by atoms with van der Waals surface area (Å²) < 4.78 is 4.51. The van der Waals surface area contributed by atoms with Gasteiger partial charge in [-0.05, 0) is 19.4 Å². The molecule has 6 nitrogen and oxygen atoms in total. The van der Waals surface area contributed by atoms with E-state index in [1.54, 1.807) is 30.3 Å². The fourth-order valence-corrected chi connectivity index (χ4v) is 1.96. The van der Waals surface area contributed by atoms with E-state index in [4.69, 9.17) is 0 Å². The molecule has 0 fully saturated rings. The molecule has 21 heavy (non-hydrogen) atoms. The van der Waals surface area contributed by atoms with Gasteiger partial charge in [0.15, 0.2) is 0 Å². The predicted octanol–water partition coefficient (Wildman–Crippen LogP) is 1.10. The number of amides is 1. The molecule has 0 saturated carbocycles. The van der Waals surface area contributed by atoms with Crippen molar-refractivity contribution in [1.82, 2.24) is 5.32 Å². The largest absolute Gasteiger partial charge is 0.481 e. The van der Waals surface area contributed by atoms with Crippen molar-refractivity contribution in [3.05, 3.63) is 35.9 Å². The van der Waals surface area contributed by atoms with Crippen LogP contribution in [0.1, 0.15) is 25.8 Å². The Kier molecular flexibility index (Phi) is 5.46. The number of benzene rings is 1. The van der Waals surface area contributed by atoms with Crippen molar-refractivity contribution in [1.29, 1.82) is 0 Å². The Labute approximate surface area is 123 Å². The molecular formula is C15H19NO5. The molecule has 1 unspecified atom stereocenters. The topological polar surface area (TPSA) is 92.7 Å². The highest BCUT2D eigenvalue weighted by molar-refractivity contribution is 5.91. The molecule has 1 rings (SSSR count). The lowest BCUT2D eigenvalue weighted by Gasteiger charge is -2.25. The zero-order chi connectivity index (χ0) is 16.0. The van der Waals surface area contributed by atoms with Crippen LogP contribution in [-0.4, -0.2) is 36.1 Å². The summed E-state index contributed by atoms with van der Waals surface area (Å²) >= 11 is 0. The maximum absolute atomic E-state index is 12.0. The van der Waals surface area contributed by atoms with Crippen molar-refractivity contribution >= 4 is 17.8 Å². The van der Waals surface area contributed by atoms with Crippen molar-refractivity contribution in [3.8, 4) is 0 Å². The van der Waals surface area contributed by atoms with E-state index >= 15 is 0 Å². The summed E-state index contributed by atoms with van der Waals surface area (Å²) in [6.45, 7) is 2.96. The SMILES string of the molecule is COC(=O)[C@H](C)NC(=O)CC(C)(C(=O)O)c1ccccc1. The van der Waals surface area contributed by atoms with Gasteiger partial charge in [-0.1, -0.05) is 30.3 Å². The van der Waals surface area contributed by atoms with Crippen LogP contribution >= 0.6 is 0 Å². The molecule has 2 N–H and O–H groups in total.